The standard InChI is InChI=1S/C16H17NO2/c17-9-12-4-3-5-13(8-12)15-6-1-2-7-16(15)19-11-14-10-18-14/h1-8,14H,9-11,17H2. The Morgan fingerprint density at radius 3 is 2.79 bits per heavy atom. The van der Waals surface area contributed by atoms with E-state index in [1.807, 2.05) is 30.3 Å². The Hall–Kier alpha value is -1.84. The second-order valence-corrected chi connectivity index (χ2v) is 4.67. The first-order valence-electron chi connectivity index (χ1n) is 6.49. The number of para-hydroxylation sites is 1. The third-order valence-electron chi connectivity index (χ3n) is 3.19. The Kier molecular flexibility index (Phi) is 3.49. The third kappa shape index (κ3) is 2.95. The molecule has 0 aliphatic carbocycles. The fraction of sp³-hybridized carbons (Fsp3) is 0.250. The Labute approximate surface area is 113 Å². The maximum absolute atomic E-state index is 5.83. The van der Waals surface area contributed by atoms with Crippen molar-refractivity contribution in [3.8, 4) is 16.9 Å². The van der Waals surface area contributed by atoms with Crippen molar-refractivity contribution in [2.45, 2.75) is 12.6 Å². The van der Waals surface area contributed by atoms with Gasteiger partial charge in [-0.15, -0.1) is 0 Å². The highest BCUT2D eigenvalue weighted by Crippen LogP contribution is 2.30. The molecule has 1 unspecified atom stereocenters. The summed E-state index contributed by atoms with van der Waals surface area (Å²) in [5.41, 5.74) is 9.05. The van der Waals surface area contributed by atoms with Crippen molar-refractivity contribution in [3.63, 3.8) is 0 Å². The molecule has 1 heterocycles. The van der Waals surface area contributed by atoms with Crippen molar-refractivity contribution in [1.29, 1.82) is 0 Å². The lowest BCUT2D eigenvalue weighted by molar-refractivity contribution is 0.264. The Balaban J connectivity index is 1.88. The lowest BCUT2D eigenvalue weighted by Gasteiger charge is -2.11. The van der Waals surface area contributed by atoms with Crippen LogP contribution in [0.1, 0.15) is 5.56 Å². The van der Waals surface area contributed by atoms with Crippen LogP contribution < -0.4 is 10.5 Å². The van der Waals surface area contributed by atoms with Gasteiger partial charge in [0.2, 0.25) is 0 Å². The molecule has 1 aliphatic rings. The molecule has 3 rings (SSSR count). The molecule has 1 atom stereocenters. The summed E-state index contributed by atoms with van der Waals surface area (Å²) in [6.45, 7) is 1.98. The van der Waals surface area contributed by atoms with Gasteiger partial charge in [-0.25, -0.2) is 0 Å². The number of hydrogen-bond donors (Lipinski definition) is 1. The topological polar surface area (TPSA) is 47.8 Å². The molecule has 0 spiro atoms. The van der Waals surface area contributed by atoms with Crippen LogP contribution in [0.25, 0.3) is 11.1 Å². The zero-order valence-corrected chi connectivity index (χ0v) is 10.7. The van der Waals surface area contributed by atoms with Crippen molar-refractivity contribution >= 4 is 0 Å². The molecule has 0 bridgehead atoms. The van der Waals surface area contributed by atoms with E-state index in [1.165, 1.54) is 0 Å². The van der Waals surface area contributed by atoms with E-state index in [0.717, 1.165) is 29.0 Å². The smallest absolute Gasteiger partial charge is 0.127 e. The Bertz CT molecular complexity index is 564. The van der Waals surface area contributed by atoms with Crippen LogP contribution in [0, 0.1) is 0 Å². The van der Waals surface area contributed by atoms with Crippen LogP contribution in [0.3, 0.4) is 0 Å². The minimum Gasteiger partial charge on any atom is -0.490 e. The molecule has 1 aliphatic heterocycles. The van der Waals surface area contributed by atoms with Crippen molar-refractivity contribution < 1.29 is 9.47 Å². The maximum Gasteiger partial charge on any atom is 0.127 e. The van der Waals surface area contributed by atoms with Crippen molar-refractivity contribution in [3.05, 3.63) is 54.1 Å². The molecule has 3 nitrogen and oxygen atoms in total. The monoisotopic (exact) mass is 255 g/mol. The van der Waals surface area contributed by atoms with Gasteiger partial charge in [0.15, 0.2) is 0 Å². The second kappa shape index (κ2) is 5.43. The number of rotatable bonds is 5. The van der Waals surface area contributed by atoms with Crippen LogP contribution >= 0.6 is 0 Å². The predicted octanol–water partition coefficient (Wildman–Crippen LogP) is 2.59. The minimum absolute atomic E-state index is 0.267. The van der Waals surface area contributed by atoms with Gasteiger partial charge in [0.25, 0.3) is 0 Å². The van der Waals surface area contributed by atoms with E-state index in [1.54, 1.807) is 0 Å². The zero-order chi connectivity index (χ0) is 13.1. The van der Waals surface area contributed by atoms with Crippen molar-refractivity contribution in [2.75, 3.05) is 13.2 Å². The summed E-state index contributed by atoms with van der Waals surface area (Å²) in [7, 11) is 0. The highest BCUT2D eigenvalue weighted by molar-refractivity contribution is 5.70. The molecule has 98 valence electrons. The zero-order valence-electron chi connectivity index (χ0n) is 10.7. The fourth-order valence-electron chi connectivity index (χ4n) is 2.04. The second-order valence-electron chi connectivity index (χ2n) is 4.67. The van der Waals surface area contributed by atoms with Crippen molar-refractivity contribution in [2.24, 2.45) is 5.73 Å². The molecule has 0 amide bonds. The molecule has 2 aromatic carbocycles. The third-order valence-corrected chi connectivity index (χ3v) is 3.19. The van der Waals surface area contributed by atoms with Gasteiger partial charge in [0.05, 0.1) is 6.61 Å². The van der Waals surface area contributed by atoms with Crippen LogP contribution in [0.5, 0.6) is 5.75 Å². The molecule has 19 heavy (non-hydrogen) atoms. The summed E-state index contributed by atoms with van der Waals surface area (Å²) in [4.78, 5) is 0. The number of hydrogen-bond acceptors (Lipinski definition) is 3. The predicted molar refractivity (Wildman–Crippen MR) is 75.0 cm³/mol. The number of nitrogens with two attached hydrogens (primary N) is 1. The minimum atomic E-state index is 0.267. The summed E-state index contributed by atoms with van der Waals surface area (Å²) in [5, 5.41) is 0. The highest BCUT2D eigenvalue weighted by atomic mass is 16.6. The van der Waals surface area contributed by atoms with E-state index in [-0.39, 0.29) is 6.10 Å². The molecule has 1 fully saturated rings. The maximum atomic E-state index is 5.83. The van der Waals surface area contributed by atoms with Crippen molar-refractivity contribution in [1.82, 2.24) is 0 Å². The summed E-state index contributed by atoms with van der Waals surface area (Å²) in [6.07, 6.45) is 0.267. The average Bonchev–Trinajstić information content (AvgIpc) is 3.30. The van der Waals surface area contributed by atoms with E-state index < -0.39 is 0 Å². The van der Waals surface area contributed by atoms with Crippen LogP contribution in [-0.2, 0) is 11.3 Å². The van der Waals surface area contributed by atoms with Gasteiger partial charge in [-0.3, -0.25) is 0 Å². The normalized spacial score (nSPS) is 17.2. The SMILES string of the molecule is NCc1cccc(-c2ccccc2OCC2CO2)c1. The molecule has 0 radical (unpaired) electrons. The van der Waals surface area contributed by atoms with Crippen LogP contribution in [0.15, 0.2) is 48.5 Å². The molecule has 2 N–H and O–H groups in total. The quantitative estimate of drug-likeness (QED) is 0.835. The van der Waals surface area contributed by atoms with Gasteiger partial charge in [-0.1, -0.05) is 36.4 Å². The van der Waals surface area contributed by atoms with E-state index in [4.69, 9.17) is 15.2 Å². The van der Waals surface area contributed by atoms with Gasteiger partial charge >= 0.3 is 0 Å². The molecule has 1 saturated heterocycles. The lowest BCUT2D eigenvalue weighted by Crippen LogP contribution is -2.05. The van der Waals surface area contributed by atoms with Gasteiger partial charge < -0.3 is 15.2 Å². The van der Waals surface area contributed by atoms with Gasteiger partial charge in [0.1, 0.15) is 18.5 Å². The van der Waals surface area contributed by atoms with Gasteiger partial charge in [0, 0.05) is 12.1 Å². The summed E-state index contributed by atoms with van der Waals surface area (Å²) < 4.78 is 11.0. The highest BCUT2D eigenvalue weighted by Gasteiger charge is 2.23. The van der Waals surface area contributed by atoms with E-state index in [2.05, 4.69) is 18.2 Å². The molecular formula is C16H17NO2. The first kappa shape index (κ1) is 12.2. The van der Waals surface area contributed by atoms with E-state index >= 15 is 0 Å². The lowest BCUT2D eigenvalue weighted by atomic mass is 10.0. The van der Waals surface area contributed by atoms with E-state index in [9.17, 15) is 0 Å². The largest absolute Gasteiger partial charge is 0.490 e. The fourth-order valence-corrected chi connectivity index (χ4v) is 2.04. The first-order valence-corrected chi connectivity index (χ1v) is 6.49. The first-order chi connectivity index (χ1) is 9.36. The number of benzene rings is 2. The molecular weight excluding hydrogens is 238 g/mol. The average molecular weight is 255 g/mol. The van der Waals surface area contributed by atoms with Gasteiger partial charge in [-0.05, 0) is 23.3 Å². The number of ether oxygens (including phenoxy) is 2. The molecule has 0 saturated carbocycles. The summed E-state index contributed by atoms with van der Waals surface area (Å²) in [6, 6.07) is 16.3. The Morgan fingerprint density at radius 1 is 1.16 bits per heavy atom. The molecule has 0 aromatic heterocycles. The van der Waals surface area contributed by atoms with Gasteiger partial charge in [-0.2, -0.15) is 0 Å². The summed E-state index contributed by atoms with van der Waals surface area (Å²) >= 11 is 0. The van der Waals surface area contributed by atoms with Crippen LogP contribution in [-0.4, -0.2) is 19.3 Å². The number of epoxide rings is 1. The van der Waals surface area contributed by atoms with E-state index in [0.29, 0.717) is 13.2 Å². The Morgan fingerprint density at radius 2 is 2.00 bits per heavy atom. The van der Waals surface area contributed by atoms with Crippen LogP contribution in [0.2, 0.25) is 0 Å². The summed E-state index contributed by atoms with van der Waals surface area (Å²) in [5.74, 6) is 0.896. The molecule has 2 aromatic rings. The van der Waals surface area contributed by atoms with Crippen LogP contribution in [0.4, 0.5) is 0 Å². The molecule has 3 heteroatoms.